The molecule has 3 aromatic carbocycles. The Balaban J connectivity index is 0.000000420. The molecule has 1 N–H and O–H groups in total. The quantitative estimate of drug-likeness (QED) is 0.431. The van der Waals surface area contributed by atoms with E-state index < -0.39 is 0 Å². The molecule has 1 heterocycles. The molecule has 178 valence electrons. The van der Waals surface area contributed by atoms with Crippen molar-refractivity contribution >= 4 is 16.5 Å². The van der Waals surface area contributed by atoms with Crippen LogP contribution >= 0.6 is 0 Å². The van der Waals surface area contributed by atoms with Gasteiger partial charge in [-0.2, -0.15) is 0 Å². The highest BCUT2D eigenvalue weighted by molar-refractivity contribution is 5.91. The lowest BCUT2D eigenvalue weighted by atomic mass is 9.93. The third-order valence-corrected chi connectivity index (χ3v) is 5.48. The van der Waals surface area contributed by atoms with Crippen molar-refractivity contribution in [3.63, 3.8) is 0 Å². The molecule has 3 aromatic rings. The summed E-state index contributed by atoms with van der Waals surface area (Å²) in [5.41, 5.74) is 7.23. The van der Waals surface area contributed by atoms with Gasteiger partial charge in [0.25, 0.3) is 0 Å². The van der Waals surface area contributed by atoms with Crippen LogP contribution in [0.4, 0.5) is 4.39 Å². The average Bonchev–Trinajstić information content (AvgIpc) is 2.80. The van der Waals surface area contributed by atoms with Crippen molar-refractivity contribution in [2.75, 3.05) is 20.3 Å². The molecule has 0 radical (unpaired) electrons. The zero-order valence-electron chi connectivity index (χ0n) is 21.2. The number of aryl methyl sites for hydroxylation is 1. The van der Waals surface area contributed by atoms with Gasteiger partial charge in [0, 0.05) is 31.5 Å². The zero-order chi connectivity index (χ0) is 24.2. The summed E-state index contributed by atoms with van der Waals surface area (Å²) in [5, 5.41) is 5.98. The molecule has 0 saturated heterocycles. The Morgan fingerprint density at radius 1 is 0.909 bits per heavy atom. The molecule has 1 aliphatic rings. The molecule has 2 nitrogen and oxygen atoms in total. The summed E-state index contributed by atoms with van der Waals surface area (Å²) in [6, 6.07) is 17.7. The highest BCUT2D eigenvalue weighted by Gasteiger charge is 2.13. The fraction of sp³-hybridized carbons (Fsp3) is 0.400. The summed E-state index contributed by atoms with van der Waals surface area (Å²) < 4.78 is 18.2. The molecule has 0 bridgehead atoms. The van der Waals surface area contributed by atoms with E-state index in [1.807, 2.05) is 6.07 Å². The fourth-order valence-electron chi connectivity index (χ4n) is 3.90. The van der Waals surface area contributed by atoms with E-state index >= 15 is 0 Å². The Hall–Kier alpha value is -2.65. The molecular formula is C30H40FNO. The highest BCUT2D eigenvalue weighted by Crippen LogP contribution is 2.31. The summed E-state index contributed by atoms with van der Waals surface area (Å²) in [6.45, 7) is 12.6. The Morgan fingerprint density at radius 3 is 2.24 bits per heavy atom. The summed E-state index contributed by atoms with van der Waals surface area (Å²) in [7, 11) is 1.71. The van der Waals surface area contributed by atoms with Gasteiger partial charge in [0.05, 0.1) is 0 Å². The molecule has 33 heavy (non-hydrogen) atoms. The van der Waals surface area contributed by atoms with E-state index in [1.54, 1.807) is 19.2 Å². The topological polar surface area (TPSA) is 21.3 Å². The molecule has 0 atom stereocenters. The number of fused-ring (bicyclic) bond motifs is 1. The van der Waals surface area contributed by atoms with Crippen LogP contribution < -0.4 is 5.32 Å². The number of halogens is 1. The molecule has 0 unspecified atom stereocenters. The van der Waals surface area contributed by atoms with Gasteiger partial charge in [0.2, 0.25) is 0 Å². The maximum absolute atomic E-state index is 13.6. The van der Waals surface area contributed by atoms with Crippen LogP contribution in [0.2, 0.25) is 0 Å². The normalized spacial score (nSPS) is 12.9. The minimum atomic E-state index is -0.200. The molecule has 1 aliphatic heterocycles. The lowest BCUT2D eigenvalue weighted by molar-refractivity contribution is 0.199. The van der Waals surface area contributed by atoms with E-state index in [0.717, 1.165) is 37.1 Å². The lowest BCUT2D eigenvalue weighted by Gasteiger charge is -2.22. The van der Waals surface area contributed by atoms with Gasteiger partial charge in [0.15, 0.2) is 0 Å². The van der Waals surface area contributed by atoms with E-state index in [1.165, 1.54) is 52.1 Å². The Morgan fingerprint density at radius 2 is 1.64 bits per heavy atom. The summed E-state index contributed by atoms with van der Waals surface area (Å²) in [4.78, 5) is 0. The van der Waals surface area contributed by atoms with Gasteiger partial charge >= 0.3 is 0 Å². The van der Waals surface area contributed by atoms with Gasteiger partial charge in [-0.1, -0.05) is 57.5 Å². The highest BCUT2D eigenvalue weighted by atomic mass is 19.1. The van der Waals surface area contributed by atoms with Crippen LogP contribution in [0, 0.1) is 12.7 Å². The van der Waals surface area contributed by atoms with Crippen LogP contribution in [0.5, 0.6) is 0 Å². The molecule has 0 amide bonds. The summed E-state index contributed by atoms with van der Waals surface area (Å²) in [5.74, 6) is -0.200. The van der Waals surface area contributed by atoms with Crippen LogP contribution in [0.15, 0.2) is 60.2 Å². The summed E-state index contributed by atoms with van der Waals surface area (Å²) >= 11 is 0. The predicted octanol–water partition coefficient (Wildman–Crippen LogP) is 8.53. The standard InChI is InChI=1S/C23H22FN.C4H10O.C3H8/c1-15-5-4-10-25-23(15)22-14-20-12-19(9-8-18(20)11-16(22)2)17-6-3-7-21(24)13-17;1-3-4-5-2;1-3-2/h3,6-9,11-14,25H,4-5,10H2,1-2H3;3-4H2,1-2H3;3H2,1-2H3. The third-order valence-electron chi connectivity index (χ3n) is 5.48. The van der Waals surface area contributed by atoms with Crippen molar-refractivity contribution < 1.29 is 9.13 Å². The first-order chi connectivity index (χ1) is 15.9. The Kier molecular flexibility index (Phi) is 11.1. The van der Waals surface area contributed by atoms with E-state index in [9.17, 15) is 4.39 Å². The first-order valence-electron chi connectivity index (χ1n) is 12.2. The van der Waals surface area contributed by atoms with Gasteiger partial charge in [-0.3, -0.25) is 0 Å². The van der Waals surface area contributed by atoms with Crippen molar-refractivity contribution in [1.82, 2.24) is 5.32 Å². The molecule has 3 heteroatoms. The largest absolute Gasteiger partial charge is 0.385 e. The van der Waals surface area contributed by atoms with E-state index in [0.29, 0.717) is 0 Å². The predicted molar refractivity (Wildman–Crippen MR) is 142 cm³/mol. The number of benzene rings is 3. The van der Waals surface area contributed by atoms with Crippen LogP contribution in [-0.4, -0.2) is 20.3 Å². The van der Waals surface area contributed by atoms with Crippen molar-refractivity contribution in [3.8, 4) is 11.1 Å². The van der Waals surface area contributed by atoms with Crippen LogP contribution in [0.25, 0.3) is 27.6 Å². The maximum Gasteiger partial charge on any atom is 0.123 e. The average molecular weight is 450 g/mol. The second kappa shape index (κ2) is 13.8. The summed E-state index contributed by atoms with van der Waals surface area (Å²) in [6.07, 6.45) is 4.73. The van der Waals surface area contributed by atoms with E-state index in [-0.39, 0.29) is 5.82 Å². The van der Waals surface area contributed by atoms with Crippen molar-refractivity contribution in [2.24, 2.45) is 0 Å². The number of rotatable bonds is 4. The molecule has 0 spiro atoms. The maximum atomic E-state index is 13.6. The second-order valence-electron chi connectivity index (χ2n) is 8.62. The van der Waals surface area contributed by atoms with Gasteiger partial charge in [0.1, 0.15) is 5.82 Å². The number of allylic oxidation sites excluding steroid dienone is 1. The smallest absolute Gasteiger partial charge is 0.123 e. The first kappa shape index (κ1) is 26.6. The second-order valence-corrected chi connectivity index (χ2v) is 8.62. The van der Waals surface area contributed by atoms with Crippen LogP contribution in [-0.2, 0) is 4.74 Å². The fourth-order valence-corrected chi connectivity index (χ4v) is 3.90. The van der Waals surface area contributed by atoms with Crippen molar-refractivity contribution in [2.45, 2.75) is 60.3 Å². The number of ether oxygens (including phenoxy) is 1. The molecule has 0 aromatic heterocycles. The van der Waals surface area contributed by atoms with Gasteiger partial charge in [-0.25, -0.2) is 4.39 Å². The molecular weight excluding hydrogens is 409 g/mol. The molecule has 4 rings (SSSR count). The monoisotopic (exact) mass is 449 g/mol. The molecule has 0 saturated carbocycles. The number of hydrogen-bond acceptors (Lipinski definition) is 2. The van der Waals surface area contributed by atoms with Gasteiger partial charge in [-0.15, -0.1) is 0 Å². The molecule has 0 fully saturated rings. The lowest BCUT2D eigenvalue weighted by Crippen LogP contribution is -2.20. The minimum absolute atomic E-state index is 0.200. The van der Waals surface area contributed by atoms with Crippen LogP contribution in [0.3, 0.4) is 0 Å². The SMILES string of the molecule is CC1=C(c2cc3cc(-c4cccc(F)c4)ccc3cc2C)NCCC1.CCC.CCCOC. The number of hydrogen-bond donors (Lipinski definition) is 1. The first-order valence-corrected chi connectivity index (χ1v) is 12.2. The van der Waals surface area contributed by atoms with Gasteiger partial charge in [-0.05, 0) is 90.4 Å². The molecule has 0 aliphatic carbocycles. The van der Waals surface area contributed by atoms with E-state index in [2.05, 4.69) is 70.3 Å². The van der Waals surface area contributed by atoms with Crippen LogP contribution in [0.1, 0.15) is 64.5 Å². The number of nitrogens with one attached hydrogen (secondary N) is 1. The third kappa shape index (κ3) is 7.71. The number of methoxy groups -OCH3 is 1. The van der Waals surface area contributed by atoms with Crippen molar-refractivity contribution in [1.29, 1.82) is 0 Å². The Bertz CT molecular complexity index is 1050. The Labute approximate surface area is 199 Å². The minimum Gasteiger partial charge on any atom is -0.385 e. The van der Waals surface area contributed by atoms with E-state index in [4.69, 9.17) is 4.74 Å². The zero-order valence-corrected chi connectivity index (χ0v) is 21.2. The van der Waals surface area contributed by atoms with Crippen molar-refractivity contribution in [3.05, 3.63) is 77.1 Å². The van der Waals surface area contributed by atoms with Gasteiger partial charge < -0.3 is 10.1 Å².